The van der Waals surface area contributed by atoms with Crippen LogP contribution in [0.15, 0.2) is 41.7 Å². The van der Waals surface area contributed by atoms with Gasteiger partial charge in [-0.2, -0.15) is 5.10 Å². The van der Waals surface area contributed by atoms with E-state index in [2.05, 4.69) is 17.0 Å². The van der Waals surface area contributed by atoms with E-state index in [1.54, 1.807) is 28.2 Å². The summed E-state index contributed by atoms with van der Waals surface area (Å²) in [6, 6.07) is 5.91. The van der Waals surface area contributed by atoms with Gasteiger partial charge in [-0.25, -0.2) is 4.68 Å². The van der Waals surface area contributed by atoms with Gasteiger partial charge in [0.2, 0.25) is 0 Å². The normalized spacial score (nSPS) is 25.4. The predicted molar refractivity (Wildman–Crippen MR) is 93.9 cm³/mol. The second-order valence-corrected chi connectivity index (χ2v) is 7.38. The number of aromatic nitrogens is 3. The molecule has 0 N–H and O–H groups in total. The molecule has 5 nitrogen and oxygen atoms in total. The second-order valence-electron chi connectivity index (χ2n) is 5.71. The first-order valence-corrected chi connectivity index (χ1v) is 8.59. The lowest BCUT2D eigenvalue weighted by Gasteiger charge is -2.13. The first-order valence-electron chi connectivity index (χ1n) is 7.36. The summed E-state index contributed by atoms with van der Waals surface area (Å²) in [5, 5.41) is 4.33. The lowest BCUT2D eigenvalue weighted by molar-refractivity contribution is -0.122. The highest BCUT2D eigenvalue weighted by Gasteiger charge is 2.46. The summed E-state index contributed by atoms with van der Waals surface area (Å²) in [6.07, 6.45) is 8.05. The smallest absolute Gasteiger partial charge is 0.266 e. The van der Waals surface area contributed by atoms with Crippen molar-refractivity contribution >= 4 is 40.3 Å². The summed E-state index contributed by atoms with van der Waals surface area (Å²) < 4.78 is 2.44. The number of hydrogen-bond donors (Lipinski definition) is 0. The van der Waals surface area contributed by atoms with Crippen molar-refractivity contribution in [2.45, 2.75) is 19.4 Å². The molecular formula is C16H14N4OS2. The van der Waals surface area contributed by atoms with Crippen molar-refractivity contribution in [1.29, 1.82) is 0 Å². The molecule has 2 aromatic rings. The minimum atomic E-state index is 0.0110. The van der Waals surface area contributed by atoms with E-state index in [0.717, 1.165) is 17.8 Å². The van der Waals surface area contributed by atoms with Crippen LogP contribution >= 0.6 is 24.0 Å². The van der Waals surface area contributed by atoms with E-state index in [9.17, 15) is 4.79 Å². The molecule has 23 heavy (non-hydrogen) atoms. The van der Waals surface area contributed by atoms with Crippen LogP contribution < -0.4 is 0 Å². The standard InChI is InChI=1S/C16H14N4OS2/c1-10-8-13(10)19-15(21)14(23-16(19)22)9-12-4-7-18-20(12)11-2-5-17-6-3-11/h2-7,9-10,13H,8H2,1H3/b14-9+. The molecule has 0 aromatic carbocycles. The zero-order valence-corrected chi connectivity index (χ0v) is 14.0. The molecular weight excluding hydrogens is 328 g/mol. The third kappa shape index (κ3) is 2.60. The number of pyridine rings is 1. The van der Waals surface area contributed by atoms with E-state index in [1.165, 1.54) is 11.8 Å². The van der Waals surface area contributed by atoms with E-state index in [4.69, 9.17) is 12.2 Å². The fraction of sp³-hybridized carbons (Fsp3) is 0.250. The minimum absolute atomic E-state index is 0.0110. The molecule has 1 saturated heterocycles. The fourth-order valence-corrected chi connectivity index (χ4v) is 4.04. The Kier molecular flexibility index (Phi) is 3.54. The van der Waals surface area contributed by atoms with E-state index in [1.807, 2.05) is 24.3 Å². The average Bonchev–Trinajstić information content (AvgIpc) is 2.96. The number of nitrogens with zero attached hydrogens (tertiary/aromatic N) is 4. The Bertz CT molecular complexity index is 814. The lowest BCUT2D eigenvalue weighted by atomic mass is 10.3. The van der Waals surface area contributed by atoms with Crippen LogP contribution in [0.5, 0.6) is 0 Å². The highest BCUT2D eigenvalue weighted by molar-refractivity contribution is 8.26. The van der Waals surface area contributed by atoms with Crippen LogP contribution in [0.1, 0.15) is 19.0 Å². The van der Waals surface area contributed by atoms with Crippen molar-refractivity contribution in [2.75, 3.05) is 0 Å². The number of thioether (sulfide) groups is 1. The quantitative estimate of drug-likeness (QED) is 0.634. The third-order valence-corrected chi connectivity index (χ3v) is 5.41. The van der Waals surface area contributed by atoms with Gasteiger partial charge in [-0.1, -0.05) is 30.9 Å². The molecule has 2 unspecified atom stereocenters. The van der Waals surface area contributed by atoms with E-state index >= 15 is 0 Å². The summed E-state index contributed by atoms with van der Waals surface area (Å²) in [5.74, 6) is 0.552. The highest BCUT2D eigenvalue weighted by Crippen LogP contribution is 2.43. The van der Waals surface area contributed by atoms with E-state index in [0.29, 0.717) is 15.1 Å². The number of carbonyl (C=O) groups excluding carboxylic acids is 1. The van der Waals surface area contributed by atoms with Crippen LogP contribution in [-0.2, 0) is 4.79 Å². The number of amides is 1. The highest BCUT2D eigenvalue weighted by atomic mass is 32.2. The Morgan fingerprint density at radius 3 is 2.74 bits per heavy atom. The Morgan fingerprint density at radius 2 is 2.04 bits per heavy atom. The molecule has 3 heterocycles. The van der Waals surface area contributed by atoms with Crippen LogP contribution in [0.25, 0.3) is 11.8 Å². The molecule has 2 atom stereocenters. The number of carbonyl (C=O) groups is 1. The van der Waals surface area contributed by atoms with Crippen LogP contribution in [0.2, 0.25) is 0 Å². The Hall–Kier alpha value is -1.99. The minimum Gasteiger partial charge on any atom is -0.289 e. The summed E-state index contributed by atoms with van der Waals surface area (Å²) in [7, 11) is 0. The molecule has 0 bridgehead atoms. The molecule has 0 radical (unpaired) electrons. The van der Waals surface area contributed by atoms with Crippen molar-refractivity contribution in [3.05, 3.63) is 47.4 Å². The number of hydrogen-bond acceptors (Lipinski definition) is 5. The Morgan fingerprint density at radius 1 is 1.30 bits per heavy atom. The van der Waals surface area contributed by atoms with Crippen molar-refractivity contribution < 1.29 is 4.79 Å². The maximum absolute atomic E-state index is 12.6. The fourth-order valence-electron chi connectivity index (χ4n) is 2.69. The van der Waals surface area contributed by atoms with Gasteiger partial charge in [0.05, 0.1) is 22.5 Å². The molecule has 1 saturated carbocycles. The van der Waals surface area contributed by atoms with Crippen molar-refractivity contribution in [3.63, 3.8) is 0 Å². The summed E-state index contributed by atoms with van der Waals surface area (Å²) in [5.41, 5.74) is 1.75. The second kappa shape index (κ2) is 5.58. The predicted octanol–water partition coefficient (Wildman–Crippen LogP) is 2.88. The molecule has 1 aliphatic carbocycles. The molecule has 2 fully saturated rings. The van der Waals surface area contributed by atoms with Crippen LogP contribution in [0.4, 0.5) is 0 Å². The van der Waals surface area contributed by atoms with Gasteiger partial charge in [-0.15, -0.1) is 0 Å². The van der Waals surface area contributed by atoms with Gasteiger partial charge >= 0.3 is 0 Å². The number of rotatable bonds is 3. The molecule has 116 valence electrons. The lowest BCUT2D eigenvalue weighted by Crippen LogP contribution is -2.31. The Labute approximate surface area is 143 Å². The van der Waals surface area contributed by atoms with Gasteiger partial charge in [0.15, 0.2) is 0 Å². The van der Waals surface area contributed by atoms with Crippen molar-refractivity contribution in [3.8, 4) is 5.69 Å². The average molecular weight is 342 g/mol. The monoisotopic (exact) mass is 342 g/mol. The van der Waals surface area contributed by atoms with Gasteiger partial charge in [-0.3, -0.25) is 14.7 Å². The van der Waals surface area contributed by atoms with E-state index in [-0.39, 0.29) is 11.9 Å². The van der Waals surface area contributed by atoms with Crippen LogP contribution in [-0.4, -0.2) is 35.9 Å². The molecule has 1 aliphatic heterocycles. The van der Waals surface area contributed by atoms with Gasteiger partial charge < -0.3 is 0 Å². The SMILES string of the molecule is CC1CC1N1C(=O)/C(=C\c2ccnn2-c2ccncc2)SC1=S. The zero-order chi connectivity index (χ0) is 16.0. The maximum atomic E-state index is 12.6. The zero-order valence-electron chi connectivity index (χ0n) is 12.4. The van der Waals surface area contributed by atoms with Crippen LogP contribution in [0.3, 0.4) is 0 Å². The van der Waals surface area contributed by atoms with E-state index < -0.39 is 0 Å². The van der Waals surface area contributed by atoms with Crippen molar-refractivity contribution in [2.24, 2.45) is 5.92 Å². The maximum Gasteiger partial charge on any atom is 0.266 e. The third-order valence-electron chi connectivity index (χ3n) is 4.08. The van der Waals surface area contributed by atoms with Gasteiger partial charge in [-0.05, 0) is 36.6 Å². The summed E-state index contributed by atoms with van der Waals surface area (Å²) in [4.78, 5) is 19.1. The Balaban J connectivity index is 1.66. The van der Waals surface area contributed by atoms with Gasteiger partial charge in [0.1, 0.15) is 4.32 Å². The first kappa shape index (κ1) is 14.6. The van der Waals surface area contributed by atoms with Gasteiger partial charge in [0.25, 0.3) is 5.91 Å². The van der Waals surface area contributed by atoms with Crippen molar-refractivity contribution in [1.82, 2.24) is 19.7 Å². The largest absolute Gasteiger partial charge is 0.289 e. The van der Waals surface area contributed by atoms with Gasteiger partial charge in [0, 0.05) is 18.4 Å². The molecule has 0 spiro atoms. The molecule has 2 aliphatic rings. The number of thiocarbonyl (C=S) groups is 1. The topological polar surface area (TPSA) is 51.0 Å². The first-order chi connectivity index (χ1) is 11.1. The summed E-state index contributed by atoms with van der Waals surface area (Å²) >= 11 is 6.75. The molecule has 1 amide bonds. The molecule has 4 rings (SSSR count). The molecule has 2 aromatic heterocycles. The van der Waals surface area contributed by atoms with Crippen LogP contribution in [0, 0.1) is 5.92 Å². The molecule has 7 heteroatoms. The summed E-state index contributed by atoms with van der Waals surface area (Å²) in [6.45, 7) is 2.14.